The third-order valence-corrected chi connectivity index (χ3v) is 6.47. The van der Waals surface area contributed by atoms with Gasteiger partial charge in [0.15, 0.2) is 17.7 Å². The quantitative estimate of drug-likeness (QED) is 0.720. The van der Waals surface area contributed by atoms with Crippen LogP contribution < -0.4 is 4.74 Å². The zero-order chi connectivity index (χ0) is 19.3. The fourth-order valence-corrected chi connectivity index (χ4v) is 5.15. The van der Waals surface area contributed by atoms with Gasteiger partial charge in [-0.25, -0.2) is 0 Å². The van der Waals surface area contributed by atoms with Gasteiger partial charge >= 0.3 is 0 Å². The summed E-state index contributed by atoms with van der Waals surface area (Å²) < 4.78 is 5.41. The summed E-state index contributed by atoms with van der Waals surface area (Å²) >= 11 is 1.71. The topological polar surface area (TPSA) is 54.3 Å². The molecule has 3 heterocycles. The first-order valence-electron chi connectivity index (χ1n) is 9.14. The summed E-state index contributed by atoms with van der Waals surface area (Å²) in [7, 11) is 3.64. The Hall–Kier alpha value is -2.83. The molecule has 0 fully saturated rings. The number of ether oxygens (including phenoxy) is 1. The predicted molar refractivity (Wildman–Crippen MR) is 109 cm³/mol. The molecule has 2 aliphatic heterocycles. The zero-order valence-electron chi connectivity index (χ0n) is 15.6. The largest absolute Gasteiger partial charge is 0.504 e. The number of methoxy groups -OCH3 is 1. The molecule has 2 aromatic carbocycles. The first-order valence-corrected chi connectivity index (χ1v) is 10.0. The van der Waals surface area contributed by atoms with Crippen LogP contribution in [0.4, 0.5) is 0 Å². The molecular weight excluding hydrogens is 372 g/mol. The van der Waals surface area contributed by atoms with Crippen LogP contribution >= 0.6 is 11.3 Å². The summed E-state index contributed by atoms with van der Waals surface area (Å²) in [5.41, 5.74) is 4.04. The van der Waals surface area contributed by atoms with E-state index in [1.54, 1.807) is 18.4 Å². The lowest BCUT2D eigenvalue weighted by molar-refractivity contribution is -0.0533. The highest BCUT2D eigenvalue weighted by Crippen LogP contribution is 2.50. The van der Waals surface area contributed by atoms with E-state index in [1.807, 2.05) is 42.5 Å². The normalized spacial score (nSPS) is 23.5. The Labute approximate surface area is 167 Å². The predicted octanol–water partition coefficient (Wildman–Crippen LogP) is 4.34. The second-order valence-electron chi connectivity index (χ2n) is 7.05. The molecule has 0 saturated carbocycles. The molecule has 0 bridgehead atoms. The van der Waals surface area contributed by atoms with Gasteiger partial charge in [-0.15, -0.1) is 11.3 Å². The van der Waals surface area contributed by atoms with Gasteiger partial charge in [0, 0.05) is 10.4 Å². The van der Waals surface area contributed by atoms with Crippen molar-refractivity contribution in [2.75, 3.05) is 14.2 Å². The van der Waals surface area contributed by atoms with Crippen molar-refractivity contribution in [2.24, 2.45) is 5.16 Å². The number of hydrogen-bond acceptors (Lipinski definition) is 6. The fourth-order valence-electron chi connectivity index (χ4n) is 4.25. The van der Waals surface area contributed by atoms with Gasteiger partial charge in [-0.05, 0) is 41.8 Å². The third kappa shape index (κ3) is 2.52. The van der Waals surface area contributed by atoms with Crippen molar-refractivity contribution in [1.29, 1.82) is 0 Å². The molecule has 0 spiro atoms. The second-order valence-corrected chi connectivity index (χ2v) is 8.03. The lowest BCUT2D eigenvalue weighted by atomic mass is 9.79. The maximum atomic E-state index is 10.5. The van der Waals surface area contributed by atoms with Crippen LogP contribution in [0.5, 0.6) is 11.5 Å². The molecule has 1 N–H and O–H groups in total. The summed E-state index contributed by atoms with van der Waals surface area (Å²) in [4.78, 5) is 9.35. The van der Waals surface area contributed by atoms with Gasteiger partial charge in [0.1, 0.15) is 0 Å². The van der Waals surface area contributed by atoms with Crippen molar-refractivity contribution >= 4 is 17.0 Å². The van der Waals surface area contributed by atoms with Crippen molar-refractivity contribution in [2.45, 2.75) is 18.2 Å². The molecule has 5 nitrogen and oxygen atoms in total. The molecule has 0 radical (unpaired) electrons. The summed E-state index contributed by atoms with van der Waals surface area (Å²) in [5, 5.41) is 17.0. The molecule has 0 amide bonds. The van der Waals surface area contributed by atoms with Crippen molar-refractivity contribution in [3.05, 3.63) is 81.5 Å². The molecule has 1 aromatic heterocycles. The van der Waals surface area contributed by atoms with E-state index in [1.165, 1.54) is 4.88 Å². The van der Waals surface area contributed by atoms with Gasteiger partial charge in [0.2, 0.25) is 0 Å². The summed E-state index contributed by atoms with van der Waals surface area (Å²) in [6.45, 7) is 0. The first-order chi connectivity index (χ1) is 13.7. The lowest BCUT2D eigenvalue weighted by Crippen LogP contribution is -2.44. The SMILES string of the molecule is COc1cc2c(cc1O)[C@H]1C(c3ccccc3)=NO[C@H]1N(C)[C@@H]2c1cccs1. The number of thiophene rings is 1. The van der Waals surface area contributed by atoms with Crippen LogP contribution in [0.1, 0.15) is 33.5 Å². The number of hydrogen-bond donors (Lipinski definition) is 1. The van der Waals surface area contributed by atoms with Gasteiger partial charge < -0.3 is 14.7 Å². The van der Waals surface area contributed by atoms with Gasteiger partial charge in [0.05, 0.1) is 24.8 Å². The van der Waals surface area contributed by atoms with Crippen LogP contribution in [0, 0.1) is 0 Å². The van der Waals surface area contributed by atoms with Crippen LogP contribution in [0.25, 0.3) is 0 Å². The number of likely N-dealkylation sites (N-methyl/N-ethyl adjacent to an activating group) is 1. The minimum Gasteiger partial charge on any atom is -0.504 e. The molecular formula is C22H20N2O3S. The average molecular weight is 392 g/mol. The number of phenols is 1. The van der Waals surface area contributed by atoms with Gasteiger partial charge in [-0.3, -0.25) is 4.90 Å². The molecule has 0 unspecified atom stereocenters. The molecule has 28 heavy (non-hydrogen) atoms. The van der Waals surface area contributed by atoms with Crippen LogP contribution in [-0.2, 0) is 4.84 Å². The van der Waals surface area contributed by atoms with Gasteiger partial charge in [0.25, 0.3) is 0 Å². The van der Waals surface area contributed by atoms with Crippen molar-refractivity contribution in [1.82, 2.24) is 4.90 Å². The molecule has 0 aliphatic carbocycles. The molecule has 2 aliphatic rings. The molecule has 142 valence electrons. The van der Waals surface area contributed by atoms with Crippen molar-refractivity contribution in [3.63, 3.8) is 0 Å². The molecule has 5 rings (SSSR count). The maximum Gasteiger partial charge on any atom is 0.194 e. The second kappa shape index (κ2) is 6.65. The number of oxime groups is 1. The van der Waals surface area contributed by atoms with E-state index in [4.69, 9.17) is 9.57 Å². The Balaban J connectivity index is 1.71. The average Bonchev–Trinajstić information content (AvgIpc) is 3.39. The van der Waals surface area contributed by atoms with Gasteiger partial charge in [-0.1, -0.05) is 41.6 Å². The Morgan fingerprint density at radius 2 is 1.93 bits per heavy atom. The highest BCUT2D eigenvalue weighted by atomic mass is 32.1. The van der Waals surface area contributed by atoms with Crippen LogP contribution in [0.3, 0.4) is 0 Å². The smallest absolute Gasteiger partial charge is 0.194 e. The molecule has 3 aromatic rings. The summed E-state index contributed by atoms with van der Waals surface area (Å²) in [5.74, 6) is 0.522. The van der Waals surface area contributed by atoms with E-state index >= 15 is 0 Å². The lowest BCUT2D eigenvalue weighted by Gasteiger charge is -2.41. The number of nitrogens with zero attached hydrogens (tertiary/aromatic N) is 2. The van der Waals surface area contributed by atoms with Crippen LogP contribution in [0.2, 0.25) is 0 Å². The molecule has 3 atom stereocenters. The Bertz CT molecular complexity index is 1030. The van der Waals surface area contributed by atoms with Crippen LogP contribution in [0.15, 0.2) is 65.1 Å². The van der Waals surface area contributed by atoms with Crippen molar-refractivity contribution < 1.29 is 14.7 Å². The van der Waals surface area contributed by atoms with E-state index < -0.39 is 0 Å². The highest BCUT2D eigenvalue weighted by molar-refractivity contribution is 7.10. The number of phenolic OH excluding ortho intramolecular Hbond substituents is 1. The highest BCUT2D eigenvalue weighted by Gasteiger charge is 2.48. The van der Waals surface area contributed by atoms with Gasteiger partial charge in [-0.2, -0.15) is 0 Å². The number of benzene rings is 2. The Morgan fingerprint density at radius 3 is 2.64 bits per heavy atom. The number of fused-ring (bicyclic) bond motifs is 3. The Morgan fingerprint density at radius 1 is 1.11 bits per heavy atom. The minimum atomic E-state index is -0.234. The van der Waals surface area contributed by atoms with Crippen LogP contribution in [-0.4, -0.2) is 36.1 Å². The van der Waals surface area contributed by atoms with E-state index in [0.717, 1.165) is 22.4 Å². The number of rotatable bonds is 3. The molecule has 0 saturated heterocycles. The monoisotopic (exact) mass is 392 g/mol. The van der Waals surface area contributed by atoms with E-state index in [2.05, 4.69) is 34.6 Å². The summed E-state index contributed by atoms with van der Waals surface area (Å²) in [6, 6.07) is 18.0. The standard InChI is InChI=1S/C22H20N2O3S/c1-24-21(18-9-6-10-28-18)15-12-17(26-2)16(25)11-14(15)19-20(23-27-22(19)24)13-7-4-3-5-8-13/h3-12,19,21-22,25H,1-2H3/t19-,21-,22+/m0/s1. The zero-order valence-corrected chi connectivity index (χ0v) is 16.4. The maximum absolute atomic E-state index is 10.5. The fraction of sp³-hybridized carbons (Fsp3) is 0.227. The van der Waals surface area contributed by atoms with E-state index in [-0.39, 0.29) is 23.9 Å². The van der Waals surface area contributed by atoms with E-state index in [0.29, 0.717) is 5.75 Å². The Kier molecular flexibility index (Phi) is 4.10. The van der Waals surface area contributed by atoms with E-state index in [9.17, 15) is 5.11 Å². The third-order valence-electron chi connectivity index (χ3n) is 5.54. The molecule has 6 heteroatoms. The minimum absolute atomic E-state index is 0.0103. The number of aromatic hydroxyl groups is 1. The first kappa shape index (κ1) is 17.3. The van der Waals surface area contributed by atoms with Crippen molar-refractivity contribution in [3.8, 4) is 11.5 Å². The summed E-state index contributed by atoms with van der Waals surface area (Å²) in [6.07, 6.45) is -0.234.